The van der Waals surface area contributed by atoms with Gasteiger partial charge in [0.05, 0.1) is 0 Å². The molecule has 0 aromatic heterocycles. The Hall–Kier alpha value is -0.790. The standard InChI is InChI=1S/C23H41NO/c1-5-6-7-8-19-9-11-20(12-10-19)21-13-15-22(16-14-21)24(4)23(25)17-18(2)3/h17,19-22H,5-16H2,1-4H3. The first kappa shape index (κ1) is 20.5. The number of amides is 1. The topological polar surface area (TPSA) is 20.3 Å². The molecule has 0 N–H and O–H groups in total. The van der Waals surface area contributed by atoms with E-state index in [0.29, 0.717) is 6.04 Å². The maximum absolute atomic E-state index is 12.2. The van der Waals surface area contributed by atoms with Crippen LogP contribution >= 0.6 is 0 Å². The van der Waals surface area contributed by atoms with Crippen LogP contribution in [-0.2, 0) is 4.79 Å². The molecule has 2 fully saturated rings. The lowest BCUT2D eigenvalue weighted by molar-refractivity contribution is -0.127. The van der Waals surface area contributed by atoms with Gasteiger partial charge in [0.1, 0.15) is 0 Å². The number of allylic oxidation sites excluding steroid dienone is 1. The van der Waals surface area contributed by atoms with Gasteiger partial charge in [0.25, 0.3) is 0 Å². The lowest BCUT2D eigenvalue weighted by atomic mass is 9.69. The van der Waals surface area contributed by atoms with Gasteiger partial charge in [-0.25, -0.2) is 0 Å². The van der Waals surface area contributed by atoms with Crippen LogP contribution in [0, 0.1) is 17.8 Å². The Bertz CT molecular complexity index is 421. The number of likely N-dealkylation sites (N-methyl/N-ethyl adjacent to an activating group) is 1. The minimum absolute atomic E-state index is 0.191. The van der Waals surface area contributed by atoms with Crippen LogP contribution in [0.25, 0.3) is 0 Å². The zero-order valence-corrected chi connectivity index (χ0v) is 17.2. The largest absolute Gasteiger partial charge is 0.339 e. The van der Waals surface area contributed by atoms with Crippen LogP contribution in [0.3, 0.4) is 0 Å². The Morgan fingerprint density at radius 3 is 2.00 bits per heavy atom. The van der Waals surface area contributed by atoms with Gasteiger partial charge < -0.3 is 4.90 Å². The summed E-state index contributed by atoms with van der Waals surface area (Å²) in [6.07, 6.45) is 18.5. The first-order valence-electron chi connectivity index (χ1n) is 10.9. The van der Waals surface area contributed by atoms with E-state index in [1.165, 1.54) is 77.0 Å². The second kappa shape index (κ2) is 10.4. The molecule has 2 heteroatoms. The average molecular weight is 348 g/mol. The van der Waals surface area contributed by atoms with Crippen molar-refractivity contribution < 1.29 is 4.79 Å². The van der Waals surface area contributed by atoms with Gasteiger partial charge in [-0.05, 0) is 70.1 Å². The van der Waals surface area contributed by atoms with Crippen LogP contribution < -0.4 is 0 Å². The molecule has 2 aliphatic carbocycles. The van der Waals surface area contributed by atoms with Crippen molar-refractivity contribution in [3.8, 4) is 0 Å². The second-order valence-electron chi connectivity index (χ2n) is 9.02. The van der Waals surface area contributed by atoms with Gasteiger partial charge in [-0.15, -0.1) is 0 Å². The van der Waals surface area contributed by atoms with Crippen LogP contribution in [-0.4, -0.2) is 23.9 Å². The van der Waals surface area contributed by atoms with E-state index < -0.39 is 0 Å². The number of carbonyl (C=O) groups excluding carboxylic acids is 1. The summed E-state index contributed by atoms with van der Waals surface area (Å²) in [7, 11) is 1.99. The summed E-state index contributed by atoms with van der Waals surface area (Å²) in [5, 5.41) is 0. The van der Waals surface area contributed by atoms with Gasteiger partial charge in [-0.2, -0.15) is 0 Å². The predicted octanol–water partition coefficient (Wildman–Crippen LogP) is 6.36. The van der Waals surface area contributed by atoms with E-state index in [9.17, 15) is 4.79 Å². The fourth-order valence-electron chi connectivity index (χ4n) is 5.12. The molecule has 0 aromatic rings. The minimum Gasteiger partial charge on any atom is -0.339 e. The lowest BCUT2D eigenvalue weighted by Gasteiger charge is -2.40. The van der Waals surface area contributed by atoms with Crippen LogP contribution in [0.1, 0.15) is 97.8 Å². The molecule has 144 valence electrons. The fraction of sp³-hybridized carbons (Fsp3) is 0.870. The first-order valence-corrected chi connectivity index (χ1v) is 10.9. The summed E-state index contributed by atoms with van der Waals surface area (Å²) < 4.78 is 0. The molecule has 0 saturated heterocycles. The molecule has 2 aliphatic rings. The van der Waals surface area contributed by atoms with E-state index in [-0.39, 0.29) is 5.91 Å². The molecule has 0 bridgehead atoms. The average Bonchev–Trinajstić information content (AvgIpc) is 2.61. The highest BCUT2D eigenvalue weighted by molar-refractivity contribution is 5.88. The molecule has 1 amide bonds. The van der Waals surface area contributed by atoms with Gasteiger partial charge in [0.2, 0.25) is 5.91 Å². The molecule has 0 spiro atoms. The first-order chi connectivity index (χ1) is 12.0. The second-order valence-corrected chi connectivity index (χ2v) is 9.02. The summed E-state index contributed by atoms with van der Waals surface area (Å²) in [4.78, 5) is 14.2. The minimum atomic E-state index is 0.191. The van der Waals surface area contributed by atoms with E-state index in [4.69, 9.17) is 0 Å². The highest BCUT2D eigenvalue weighted by atomic mass is 16.2. The maximum Gasteiger partial charge on any atom is 0.246 e. The highest BCUT2D eigenvalue weighted by Crippen LogP contribution is 2.41. The van der Waals surface area contributed by atoms with Crippen molar-refractivity contribution in [3.05, 3.63) is 11.6 Å². The summed E-state index contributed by atoms with van der Waals surface area (Å²) in [6, 6.07) is 0.463. The monoisotopic (exact) mass is 347 g/mol. The summed E-state index contributed by atoms with van der Waals surface area (Å²) in [5.41, 5.74) is 1.10. The highest BCUT2D eigenvalue weighted by Gasteiger charge is 2.32. The number of unbranched alkanes of at least 4 members (excludes halogenated alkanes) is 2. The van der Waals surface area contributed by atoms with Crippen LogP contribution in [0.2, 0.25) is 0 Å². The summed E-state index contributed by atoms with van der Waals surface area (Å²) in [5.74, 6) is 3.12. The zero-order valence-electron chi connectivity index (χ0n) is 17.2. The van der Waals surface area contributed by atoms with Crippen molar-refractivity contribution >= 4 is 5.91 Å². The third-order valence-electron chi connectivity index (χ3n) is 6.82. The molecule has 0 aliphatic heterocycles. The van der Waals surface area contributed by atoms with Gasteiger partial charge in [0, 0.05) is 19.2 Å². The SMILES string of the molecule is CCCCCC1CCC(C2CCC(N(C)C(=O)C=C(C)C)CC2)CC1. The van der Waals surface area contributed by atoms with Crippen molar-refractivity contribution in [1.82, 2.24) is 4.90 Å². The van der Waals surface area contributed by atoms with Crippen molar-refractivity contribution in [2.45, 2.75) is 104 Å². The third-order valence-corrected chi connectivity index (χ3v) is 6.82. The van der Waals surface area contributed by atoms with Crippen molar-refractivity contribution in [1.29, 1.82) is 0 Å². The van der Waals surface area contributed by atoms with Crippen molar-refractivity contribution in [2.75, 3.05) is 7.05 Å². The fourth-order valence-corrected chi connectivity index (χ4v) is 5.12. The van der Waals surface area contributed by atoms with Gasteiger partial charge in [-0.3, -0.25) is 4.79 Å². The third kappa shape index (κ3) is 6.46. The van der Waals surface area contributed by atoms with Gasteiger partial charge in [-0.1, -0.05) is 51.0 Å². The zero-order chi connectivity index (χ0) is 18.2. The van der Waals surface area contributed by atoms with Crippen LogP contribution in [0.5, 0.6) is 0 Å². The number of hydrogen-bond acceptors (Lipinski definition) is 1. The predicted molar refractivity (Wildman–Crippen MR) is 108 cm³/mol. The Kier molecular flexibility index (Phi) is 8.52. The molecular weight excluding hydrogens is 306 g/mol. The molecule has 25 heavy (non-hydrogen) atoms. The normalized spacial score (nSPS) is 29.9. The Morgan fingerprint density at radius 1 is 0.920 bits per heavy atom. The number of rotatable bonds is 7. The van der Waals surface area contributed by atoms with Gasteiger partial charge in [0.15, 0.2) is 0 Å². The maximum atomic E-state index is 12.2. The number of carbonyl (C=O) groups is 1. The molecule has 2 saturated carbocycles. The molecule has 0 unspecified atom stereocenters. The van der Waals surface area contributed by atoms with Crippen molar-refractivity contribution in [2.24, 2.45) is 17.8 Å². The van der Waals surface area contributed by atoms with Crippen molar-refractivity contribution in [3.63, 3.8) is 0 Å². The van der Waals surface area contributed by atoms with E-state index in [1.54, 1.807) is 6.08 Å². The Morgan fingerprint density at radius 2 is 1.48 bits per heavy atom. The molecule has 0 aromatic carbocycles. The molecule has 2 rings (SSSR count). The van der Waals surface area contributed by atoms with Crippen LogP contribution in [0.4, 0.5) is 0 Å². The molecule has 0 heterocycles. The van der Waals surface area contributed by atoms with E-state index in [1.807, 2.05) is 25.8 Å². The molecular formula is C23H41NO. The number of nitrogens with zero attached hydrogens (tertiary/aromatic N) is 1. The molecule has 2 nitrogen and oxygen atoms in total. The quantitative estimate of drug-likeness (QED) is 0.388. The lowest BCUT2D eigenvalue weighted by Crippen LogP contribution is -2.40. The Balaban J connectivity index is 1.70. The Labute approximate surface area is 156 Å². The van der Waals surface area contributed by atoms with Crippen LogP contribution in [0.15, 0.2) is 11.6 Å². The molecule has 0 atom stereocenters. The summed E-state index contributed by atoms with van der Waals surface area (Å²) in [6.45, 7) is 6.31. The van der Waals surface area contributed by atoms with Gasteiger partial charge >= 0.3 is 0 Å². The number of hydrogen-bond donors (Lipinski definition) is 0. The summed E-state index contributed by atoms with van der Waals surface area (Å²) >= 11 is 0. The van der Waals surface area contributed by atoms with E-state index in [0.717, 1.165) is 23.3 Å². The van der Waals surface area contributed by atoms with E-state index >= 15 is 0 Å². The smallest absolute Gasteiger partial charge is 0.246 e. The molecule has 0 radical (unpaired) electrons. The van der Waals surface area contributed by atoms with E-state index in [2.05, 4.69) is 6.92 Å².